The number of aliphatic hydroxyl groups is 1. The minimum Gasteiger partial charge on any atom is -0.331 e. The van der Waals surface area contributed by atoms with Crippen LogP contribution in [-0.4, -0.2) is 55.5 Å². The second kappa shape index (κ2) is 6.90. The molecule has 0 heterocycles. The molecule has 4 nitrogen and oxygen atoms in total. The first kappa shape index (κ1) is 22.1. The summed E-state index contributed by atoms with van der Waals surface area (Å²) in [6, 6.07) is 0. The van der Waals surface area contributed by atoms with Crippen LogP contribution in [0.25, 0.3) is 0 Å². The van der Waals surface area contributed by atoms with E-state index in [0.29, 0.717) is 0 Å². The molecule has 0 aromatic carbocycles. The fourth-order valence-corrected chi connectivity index (χ4v) is 1.25. The van der Waals surface area contributed by atoms with Crippen LogP contribution >= 0.6 is 0 Å². The van der Waals surface area contributed by atoms with Gasteiger partial charge < -0.3 is 14.6 Å². The molecule has 140 valence electrons. The van der Waals surface area contributed by atoms with Gasteiger partial charge in [0.1, 0.15) is 0 Å². The zero-order chi connectivity index (χ0) is 18.7. The summed E-state index contributed by atoms with van der Waals surface area (Å²) in [5.74, 6) is -19.9. The Balaban J connectivity index is 6.42. The molecule has 0 fully saturated rings. The van der Waals surface area contributed by atoms with Gasteiger partial charge in [-0.25, -0.2) is 13.2 Å². The standard InChI is InChI=1S/C8H7F11O4/c9-1-21-5(14,4(12,13)7(16,17)20)6(15,22-2-10)8(18,19)23-3-11/h20H,1-3H2. The van der Waals surface area contributed by atoms with Gasteiger partial charge in [-0.2, -0.15) is 35.1 Å². The molecule has 15 heteroatoms. The second-order valence-corrected chi connectivity index (χ2v) is 3.58. The maximum atomic E-state index is 13.9. The molecule has 0 bridgehead atoms. The van der Waals surface area contributed by atoms with Crippen molar-refractivity contribution in [1.82, 2.24) is 0 Å². The summed E-state index contributed by atoms with van der Waals surface area (Å²) in [6.45, 7) is -8.55. The van der Waals surface area contributed by atoms with Gasteiger partial charge in [-0.05, 0) is 0 Å². The monoisotopic (exact) mass is 376 g/mol. The van der Waals surface area contributed by atoms with Gasteiger partial charge in [0.25, 0.3) is 0 Å². The van der Waals surface area contributed by atoms with Gasteiger partial charge in [0, 0.05) is 0 Å². The molecule has 0 saturated carbocycles. The Bertz CT molecular complexity index is 389. The molecule has 23 heavy (non-hydrogen) atoms. The molecule has 0 spiro atoms. The van der Waals surface area contributed by atoms with E-state index in [1.165, 1.54) is 0 Å². The lowest BCUT2D eigenvalue weighted by Gasteiger charge is -2.43. The molecule has 2 unspecified atom stereocenters. The first-order valence-corrected chi connectivity index (χ1v) is 5.02. The van der Waals surface area contributed by atoms with Crippen LogP contribution in [0, 0.1) is 0 Å². The summed E-state index contributed by atoms with van der Waals surface area (Å²) in [5, 5.41) is 7.83. The maximum absolute atomic E-state index is 13.9. The molecule has 0 aliphatic rings. The van der Waals surface area contributed by atoms with Gasteiger partial charge in [-0.1, -0.05) is 0 Å². The highest BCUT2D eigenvalue weighted by Gasteiger charge is 2.87. The number of rotatable bonds is 10. The molecular formula is C8H7F11O4. The summed E-state index contributed by atoms with van der Waals surface area (Å²) in [5.41, 5.74) is 0. The molecule has 0 rings (SSSR count). The summed E-state index contributed by atoms with van der Waals surface area (Å²) >= 11 is 0. The van der Waals surface area contributed by atoms with Crippen LogP contribution in [0.2, 0.25) is 0 Å². The number of ether oxygens (including phenoxy) is 3. The lowest BCUT2D eigenvalue weighted by atomic mass is 9.99. The third-order valence-electron chi connectivity index (χ3n) is 2.31. The zero-order valence-electron chi connectivity index (χ0n) is 10.5. The minimum atomic E-state index is -6.97. The van der Waals surface area contributed by atoms with E-state index in [1.807, 2.05) is 0 Å². The predicted octanol–water partition coefficient (Wildman–Crippen LogP) is 2.96. The van der Waals surface area contributed by atoms with Crippen molar-refractivity contribution in [2.24, 2.45) is 0 Å². The van der Waals surface area contributed by atoms with E-state index < -0.39 is 50.4 Å². The second-order valence-electron chi connectivity index (χ2n) is 3.58. The van der Waals surface area contributed by atoms with Crippen LogP contribution in [0.4, 0.5) is 48.3 Å². The van der Waals surface area contributed by atoms with Crippen molar-refractivity contribution in [3.63, 3.8) is 0 Å². The molecule has 0 aliphatic carbocycles. The van der Waals surface area contributed by atoms with Crippen molar-refractivity contribution in [3.05, 3.63) is 0 Å². The van der Waals surface area contributed by atoms with Crippen molar-refractivity contribution >= 4 is 0 Å². The summed E-state index contributed by atoms with van der Waals surface area (Å²) in [7, 11) is 0. The first-order valence-electron chi connectivity index (χ1n) is 5.02. The largest absolute Gasteiger partial charge is 0.423 e. The van der Waals surface area contributed by atoms with Crippen molar-refractivity contribution in [1.29, 1.82) is 0 Å². The Kier molecular flexibility index (Phi) is 6.62. The highest BCUT2D eigenvalue weighted by Crippen LogP contribution is 2.56. The van der Waals surface area contributed by atoms with Gasteiger partial charge in [-0.15, -0.1) is 0 Å². The van der Waals surface area contributed by atoms with Crippen molar-refractivity contribution in [3.8, 4) is 0 Å². The Hall–Kier alpha value is -0.930. The summed E-state index contributed by atoms with van der Waals surface area (Å²) in [6.07, 6.45) is -12.9. The average molecular weight is 376 g/mol. The number of halogens is 11. The van der Waals surface area contributed by atoms with E-state index in [-0.39, 0.29) is 0 Å². The number of alkyl halides is 11. The zero-order valence-corrected chi connectivity index (χ0v) is 10.5. The lowest BCUT2D eigenvalue weighted by Crippen LogP contribution is -2.73. The number of hydrogen-bond donors (Lipinski definition) is 1. The highest BCUT2D eigenvalue weighted by molar-refractivity contribution is 5.05. The van der Waals surface area contributed by atoms with E-state index in [1.54, 1.807) is 0 Å². The van der Waals surface area contributed by atoms with Gasteiger partial charge in [0.2, 0.25) is 0 Å². The molecule has 0 saturated heterocycles. The van der Waals surface area contributed by atoms with Crippen LogP contribution in [0.3, 0.4) is 0 Å². The van der Waals surface area contributed by atoms with Crippen LogP contribution in [-0.2, 0) is 14.2 Å². The fraction of sp³-hybridized carbons (Fsp3) is 1.00. The van der Waals surface area contributed by atoms with Crippen LogP contribution in [0.5, 0.6) is 0 Å². The van der Waals surface area contributed by atoms with E-state index in [4.69, 9.17) is 5.11 Å². The number of hydrogen-bond acceptors (Lipinski definition) is 4. The van der Waals surface area contributed by atoms with Gasteiger partial charge in [0.05, 0.1) is 0 Å². The van der Waals surface area contributed by atoms with Crippen LogP contribution in [0.1, 0.15) is 0 Å². The molecule has 0 amide bonds. The third-order valence-corrected chi connectivity index (χ3v) is 2.31. The Morgan fingerprint density at radius 2 is 0.957 bits per heavy atom. The predicted molar refractivity (Wildman–Crippen MR) is 45.9 cm³/mol. The van der Waals surface area contributed by atoms with Gasteiger partial charge in [0.15, 0.2) is 20.6 Å². The average Bonchev–Trinajstić information content (AvgIpc) is 2.37. The van der Waals surface area contributed by atoms with Crippen molar-refractivity contribution in [2.45, 2.75) is 29.8 Å². The van der Waals surface area contributed by atoms with Gasteiger partial charge >= 0.3 is 29.8 Å². The Labute approximate surface area is 119 Å². The van der Waals surface area contributed by atoms with E-state index in [0.717, 1.165) is 0 Å². The topological polar surface area (TPSA) is 47.9 Å². The molecule has 0 radical (unpaired) electrons. The summed E-state index contributed by atoms with van der Waals surface area (Å²) in [4.78, 5) is 0. The third kappa shape index (κ3) is 3.46. The summed E-state index contributed by atoms with van der Waals surface area (Å²) < 4.78 is 149. The van der Waals surface area contributed by atoms with Crippen molar-refractivity contribution in [2.75, 3.05) is 20.6 Å². The molecule has 1 N–H and O–H groups in total. The lowest BCUT2D eigenvalue weighted by molar-refractivity contribution is -0.517. The normalized spacial score (nSPS) is 19.3. The molecule has 2 atom stereocenters. The van der Waals surface area contributed by atoms with E-state index in [2.05, 4.69) is 14.2 Å². The smallest absolute Gasteiger partial charge is 0.331 e. The van der Waals surface area contributed by atoms with Gasteiger partial charge in [-0.3, -0.25) is 4.74 Å². The highest BCUT2D eigenvalue weighted by atomic mass is 19.3. The fourth-order valence-electron chi connectivity index (χ4n) is 1.25. The minimum absolute atomic E-state index is 2.58. The van der Waals surface area contributed by atoms with E-state index >= 15 is 0 Å². The molecular weight excluding hydrogens is 369 g/mol. The van der Waals surface area contributed by atoms with E-state index in [9.17, 15) is 48.3 Å². The van der Waals surface area contributed by atoms with Crippen molar-refractivity contribution < 1.29 is 67.6 Å². The first-order chi connectivity index (χ1) is 10.2. The quantitative estimate of drug-likeness (QED) is 0.596. The Morgan fingerprint density at radius 3 is 1.26 bits per heavy atom. The molecule has 0 aromatic heterocycles. The SMILES string of the molecule is OC(F)(F)C(F)(F)C(F)(OCF)C(F)(OCF)C(F)(F)OCF. The van der Waals surface area contributed by atoms with Crippen LogP contribution < -0.4 is 0 Å². The Morgan fingerprint density at radius 1 is 0.609 bits per heavy atom. The molecule has 0 aliphatic heterocycles. The maximum Gasteiger partial charge on any atom is 0.423 e. The van der Waals surface area contributed by atoms with Crippen LogP contribution in [0.15, 0.2) is 0 Å². The molecule has 0 aromatic rings.